The Kier molecular flexibility index (Phi) is 4.32. The lowest BCUT2D eigenvalue weighted by atomic mass is 9.92. The summed E-state index contributed by atoms with van der Waals surface area (Å²) in [5, 5.41) is 9.42. The van der Waals surface area contributed by atoms with E-state index in [0.717, 1.165) is 17.0 Å². The molecule has 7 heteroatoms. The third kappa shape index (κ3) is 2.54. The van der Waals surface area contributed by atoms with Gasteiger partial charge in [0.25, 0.3) is 5.91 Å². The molecule has 1 amide bonds. The van der Waals surface area contributed by atoms with Crippen LogP contribution in [-0.2, 0) is 4.79 Å². The fraction of sp³-hybridized carbons (Fsp3) is 0.429. The van der Waals surface area contributed by atoms with Crippen LogP contribution in [0.2, 0.25) is 0 Å². The molecule has 114 valence electrons. The van der Waals surface area contributed by atoms with Gasteiger partial charge in [-0.15, -0.1) is 0 Å². The van der Waals surface area contributed by atoms with Gasteiger partial charge in [-0.05, 0) is 31.4 Å². The van der Waals surface area contributed by atoms with E-state index in [1.165, 1.54) is 0 Å². The molecule has 1 atom stereocenters. The fourth-order valence-corrected chi connectivity index (χ4v) is 3.20. The third-order valence-corrected chi connectivity index (χ3v) is 4.40. The summed E-state index contributed by atoms with van der Waals surface area (Å²) in [4.78, 5) is 25.1. The molecule has 1 N–H and O–H groups in total. The van der Waals surface area contributed by atoms with Crippen LogP contribution in [0.25, 0.3) is 0 Å². The second-order valence-corrected chi connectivity index (χ2v) is 5.91. The first kappa shape index (κ1) is 15.9. The van der Waals surface area contributed by atoms with Crippen molar-refractivity contribution in [3.63, 3.8) is 0 Å². The number of hydrogen-bond donors (Lipinski definition) is 1. The van der Waals surface area contributed by atoms with Crippen molar-refractivity contribution in [1.82, 2.24) is 4.90 Å². The molecule has 0 bridgehead atoms. The first-order valence-electron chi connectivity index (χ1n) is 6.53. The number of carbonyl (C=O) groups excluding carboxylic acids is 1. The Morgan fingerprint density at radius 1 is 1.38 bits per heavy atom. The van der Waals surface area contributed by atoms with E-state index in [4.69, 9.17) is 0 Å². The zero-order valence-electron chi connectivity index (χ0n) is 11.3. The number of amides is 1. The Hall–Kier alpha value is -1.50. The normalized spacial score (nSPS) is 21.6. The summed E-state index contributed by atoms with van der Waals surface area (Å²) in [7, 11) is 0. The minimum Gasteiger partial charge on any atom is -0.479 e. The molecule has 21 heavy (non-hydrogen) atoms. The largest absolute Gasteiger partial charge is 0.479 e. The molecule has 0 radical (unpaired) electrons. The summed E-state index contributed by atoms with van der Waals surface area (Å²) in [6.45, 7) is 1.82. The Bertz CT molecular complexity index is 585. The van der Waals surface area contributed by atoms with Crippen LogP contribution in [0.1, 0.15) is 36.5 Å². The zero-order chi connectivity index (χ0) is 15.8. The highest BCUT2D eigenvalue weighted by Crippen LogP contribution is 2.35. The molecule has 1 aromatic rings. The molecule has 4 nitrogen and oxygen atoms in total. The molecule has 1 aromatic carbocycles. The van der Waals surface area contributed by atoms with Gasteiger partial charge in [-0.25, -0.2) is 13.6 Å². The van der Waals surface area contributed by atoms with Crippen molar-refractivity contribution in [3.8, 4) is 0 Å². The highest BCUT2D eigenvalue weighted by molar-refractivity contribution is 9.10. The van der Waals surface area contributed by atoms with Gasteiger partial charge in [0.05, 0.1) is 0 Å². The van der Waals surface area contributed by atoms with Gasteiger partial charge in [-0.3, -0.25) is 4.79 Å². The maximum absolute atomic E-state index is 13.9. The predicted molar refractivity (Wildman–Crippen MR) is 75.0 cm³/mol. The molecule has 1 aliphatic heterocycles. The van der Waals surface area contributed by atoms with Gasteiger partial charge in [-0.2, -0.15) is 0 Å². The Labute approximate surface area is 128 Å². The topological polar surface area (TPSA) is 57.6 Å². The minimum absolute atomic E-state index is 0.175. The number of hydrogen-bond acceptors (Lipinski definition) is 2. The lowest BCUT2D eigenvalue weighted by Gasteiger charge is -2.34. The molecule has 1 heterocycles. The van der Waals surface area contributed by atoms with Gasteiger partial charge >= 0.3 is 5.97 Å². The number of carbonyl (C=O) groups is 2. The summed E-state index contributed by atoms with van der Waals surface area (Å²) in [5.74, 6) is -4.07. The standard InChI is InChI=1S/C14H14BrF2NO3/c1-2-14(13(20)21)4-3-5-18(14)12(19)11-9(16)6-8(15)7-10(11)17/h6-7H,2-5H2,1H3,(H,20,21). The van der Waals surface area contributed by atoms with Crippen LogP contribution in [-0.4, -0.2) is 34.0 Å². The molecule has 1 saturated heterocycles. The van der Waals surface area contributed by atoms with Crippen molar-refractivity contribution in [3.05, 3.63) is 33.8 Å². The predicted octanol–water partition coefficient (Wildman–Crippen LogP) is 3.20. The Morgan fingerprint density at radius 2 is 1.95 bits per heavy atom. The maximum atomic E-state index is 13.9. The van der Waals surface area contributed by atoms with Crippen LogP contribution in [0.4, 0.5) is 8.78 Å². The molecule has 0 spiro atoms. The van der Waals surface area contributed by atoms with Crippen LogP contribution in [0.3, 0.4) is 0 Å². The highest BCUT2D eigenvalue weighted by atomic mass is 79.9. The zero-order valence-corrected chi connectivity index (χ0v) is 12.9. The number of carboxylic acids is 1. The summed E-state index contributed by atoms with van der Waals surface area (Å²) in [6.07, 6.45) is 0.962. The van der Waals surface area contributed by atoms with Crippen molar-refractivity contribution in [2.24, 2.45) is 0 Å². The molecule has 1 aliphatic rings. The molecular weight excluding hydrogens is 348 g/mol. The van der Waals surface area contributed by atoms with E-state index < -0.39 is 34.6 Å². The van der Waals surface area contributed by atoms with Gasteiger partial charge < -0.3 is 10.0 Å². The van der Waals surface area contributed by atoms with E-state index in [9.17, 15) is 23.5 Å². The maximum Gasteiger partial charge on any atom is 0.329 e. The van der Waals surface area contributed by atoms with Crippen LogP contribution in [0.15, 0.2) is 16.6 Å². The van der Waals surface area contributed by atoms with Crippen LogP contribution in [0.5, 0.6) is 0 Å². The first-order chi connectivity index (χ1) is 9.83. The average molecular weight is 362 g/mol. The van der Waals surface area contributed by atoms with E-state index in [2.05, 4.69) is 15.9 Å². The van der Waals surface area contributed by atoms with E-state index in [1.54, 1.807) is 6.92 Å². The molecule has 1 fully saturated rings. The van der Waals surface area contributed by atoms with Crippen molar-refractivity contribution in [2.75, 3.05) is 6.54 Å². The SMILES string of the molecule is CCC1(C(=O)O)CCCN1C(=O)c1c(F)cc(Br)cc1F. The number of aliphatic carboxylic acids is 1. The molecule has 1 unspecified atom stereocenters. The van der Waals surface area contributed by atoms with E-state index in [-0.39, 0.29) is 23.9 Å². The number of halogens is 3. The number of likely N-dealkylation sites (tertiary alicyclic amines) is 1. The van der Waals surface area contributed by atoms with Crippen molar-refractivity contribution in [2.45, 2.75) is 31.7 Å². The highest BCUT2D eigenvalue weighted by Gasteiger charge is 2.49. The monoisotopic (exact) mass is 361 g/mol. The van der Waals surface area contributed by atoms with Crippen molar-refractivity contribution in [1.29, 1.82) is 0 Å². The van der Waals surface area contributed by atoms with Crippen LogP contribution < -0.4 is 0 Å². The lowest BCUT2D eigenvalue weighted by Crippen LogP contribution is -2.53. The second-order valence-electron chi connectivity index (χ2n) is 5.00. The number of nitrogens with zero attached hydrogens (tertiary/aromatic N) is 1. The van der Waals surface area contributed by atoms with Gasteiger partial charge in [0, 0.05) is 11.0 Å². The summed E-state index contributed by atoms with van der Waals surface area (Å²) >= 11 is 2.94. The minimum atomic E-state index is -1.39. The first-order valence-corrected chi connectivity index (χ1v) is 7.32. The Morgan fingerprint density at radius 3 is 2.43 bits per heavy atom. The molecule has 2 rings (SSSR count). The second kappa shape index (κ2) is 5.71. The molecular formula is C14H14BrF2NO3. The molecule has 0 saturated carbocycles. The third-order valence-electron chi connectivity index (χ3n) is 3.94. The quantitative estimate of drug-likeness (QED) is 0.899. The smallest absolute Gasteiger partial charge is 0.329 e. The number of carboxylic acid groups (broad SMARTS) is 1. The number of benzene rings is 1. The van der Waals surface area contributed by atoms with Crippen LogP contribution in [0, 0.1) is 11.6 Å². The van der Waals surface area contributed by atoms with Crippen LogP contribution >= 0.6 is 15.9 Å². The fourth-order valence-electron chi connectivity index (χ4n) is 2.80. The van der Waals surface area contributed by atoms with Gasteiger partial charge in [0.2, 0.25) is 0 Å². The average Bonchev–Trinajstić information content (AvgIpc) is 2.82. The van der Waals surface area contributed by atoms with E-state index in [0.29, 0.717) is 6.42 Å². The van der Waals surface area contributed by atoms with Crippen molar-refractivity contribution >= 4 is 27.8 Å². The van der Waals surface area contributed by atoms with Gasteiger partial charge in [0.1, 0.15) is 22.7 Å². The van der Waals surface area contributed by atoms with Gasteiger partial charge in [0.15, 0.2) is 0 Å². The summed E-state index contributed by atoms with van der Waals surface area (Å²) in [6, 6.07) is 1.97. The lowest BCUT2D eigenvalue weighted by molar-refractivity contribution is -0.148. The van der Waals surface area contributed by atoms with E-state index in [1.807, 2.05) is 0 Å². The summed E-state index contributed by atoms with van der Waals surface area (Å²) in [5.41, 5.74) is -2.09. The van der Waals surface area contributed by atoms with Crippen molar-refractivity contribution < 1.29 is 23.5 Å². The molecule has 0 aromatic heterocycles. The Balaban J connectivity index is 2.47. The molecule has 0 aliphatic carbocycles. The van der Waals surface area contributed by atoms with Gasteiger partial charge in [-0.1, -0.05) is 22.9 Å². The number of rotatable bonds is 3. The summed E-state index contributed by atoms with van der Waals surface area (Å²) < 4.78 is 28.0. The van der Waals surface area contributed by atoms with E-state index >= 15 is 0 Å².